The van der Waals surface area contributed by atoms with Gasteiger partial charge in [0, 0.05) is 25.3 Å². The molecular formula is C12H20N4O. The van der Waals surface area contributed by atoms with E-state index < -0.39 is 0 Å². The van der Waals surface area contributed by atoms with E-state index in [4.69, 9.17) is 4.74 Å². The summed E-state index contributed by atoms with van der Waals surface area (Å²) in [6.45, 7) is 5.87. The van der Waals surface area contributed by atoms with Gasteiger partial charge in [-0.2, -0.15) is 0 Å². The number of rotatable bonds is 5. The van der Waals surface area contributed by atoms with Crippen LogP contribution in [0.3, 0.4) is 0 Å². The third kappa shape index (κ3) is 3.85. The molecule has 5 nitrogen and oxygen atoms in total. The molecule has 1 aliphatic rings. The summed E-state index contributed by atoms with van der Waals surface area (Å²) in [6.07, 6.45) is 4.19. The molecule has 0 aliphatic carbocycles. The van der Waals surface area contributed by atoms with Gasteiger partial charge in [0.2, 0.25) is 0 Å². The van der Waals surface area contributed by atoms with E-state index in [-0.39, 0.29) is 0 Å². The predicted octanol–water partition coefficient (Wildman–Crippen LogP) is 1.89. The fourth-order valence-electron chi connectivity index (χ4n) is 1.85. The van der Waals surface area contributed by atoms with Crippen LogP contribution < -0.4 is 10.6 Å². The molecule has 1 fully saturated rings. The molecule has 0 amide bonds. The van der Waals surface area contributed by atoms with Gasteiger partial charge in [-0.05, 0) is 26.7 Å². The number of hydrogen-bond acceptors (Lipinski definition) is 5. The van der Waals surface area contributed by atoms with Crippen LogP contribution in [-0.2, 0) is 4.74 Å². The molecule has 2 N–H and O–H groups in total. The Morgan fingerprint density at radius 3 is 2.94 bits per heavy atom. The van der Waals surface area contributed by atoms with E-state index in [2.05, 4.69) is 34.4 Å². The van der Waals surface area contributed by atoms with Crippen molar-refractivity contribution in [2.45, 2.75) is 38.8 Å². The quantitative estimate of drug-likeness (QED) is 0.817. The van der Waals surface area contributed by atoms with E-state index in [1.165, 1.54) is 0 Å². The first kappa shape index (κ1) is 12.1. The molecule has 1 saturated heterocycles. The first-order valence-corrected chi connectivity index (χ1v) is 6.18. The van der Waals surface area contributed by atoms with E-state index in [1.807, 2.05) is 6.07 Å². The number of nitrogens with zero attached hydrogens (tertiary/aromatic N) is 2. The molecule has 94 valence electrons. The summed E-state index contributed by atoms with van der Waals surface area (Å²) in [5, 5.41) is 6.53. The van der Waals surface area contributed by atoms with Crippen molar-refractivity contribution in [3.8, 4) is 0 Å². The van der Waals surface area contributed by atoms with Crippen molar-refractivity contribution >= 4 is 11.6 Å². The number of aromatic nitrogens is 2. The topological polar surface area (TPSA) is 59.1 Å². The second-order valence-corrected chi connectivity index (χ2v) is 4.60. The molecule has 0 spiro atoms. The van der Waals surface area contributed by atoms with Crippen molar-refractivity contribution in [3.63, 3.8) is 0 Å². The summed E-state index contributed by atoms with van der Waals surface area (Å²) in [7, 11) is 0. The Morgan fingerprint density at radius 1 is 1.41 bits per heavy atom. The summed E-state index contributed by atoms with van der Waals surface area (Å²) in [5.41, 5.74) is 0. The smallest absolute Gasteiger partial charge is 0.131 e. The molecule has 0 radical (unpaired) electrons. The third-order valence-corrected chi connectivity index (χ3v) is 2.64. The number of anilines is 2. The van der Waals surface area contributed by atoms with Crippen LogP contribution in [0.4, 0.5) is 11.6 Å². The van der Waals surface area contributed by atoms with E-state index in [0.717, 1.165) is 37.6 Å². The minimum Gasteiger partial charge on any atom is -0.376 e. The van der Waals surface area contributed by atoms with Gasteiger partial charge in [0.1, 0.15) is 18.0 Å². The van der Waals surface area contributed by atoms with Gasteiger partial charge in [-0.15, -0.1) is 0 Å². The highest BCUT2D eigenvalue weighted by molar-refractivity contribution is 5.46. The molecule has 0 bridgehead atoms. The average Bonchev–Trinajstić information content (AvgIpc) is 2.79. The Bertz CT molecular complexity index is 350. The van der Waals surface area contributed by atoms with Crippen LogP contribution in [0.2, 0.25) is 0 Å². The first-order valence-electron chi connectivity index (χ1n) is 6.18. The second kappa shape index (κ2) is 5.82. The zero-order chi connectivity index (χ0) is 12.1. The lowest BCUT2D eigenvalue weighted by Crippen LogP contribution is -2.19. The van der Waals surface area contributed by atoms with Crippen molar-refractivity contribution in [3.05, 3.63) is 12.4 Å². The number of hydrogen-bond donors (Lipinski definition) is 2. The minimum atomic E-state index is 0.325. The van der Waals surface area contributed by atoms with E-state index in [1.54, 1.807) is 6.33 Å². The van der Waals surface area contributed by atoms with Crippen LogP contribution >= 0.6 is 0 Å². The van der Waals surface area contributed by atoms with Crippen LogP contribution in [0.15, 0.2) is 12.4 Å². The van der Waals surface area contributed by atoms with Gasteiger partial charge in [-0.25, -0.2) is 9.97 Å². The molecule has 0 aromatic carbocycles. The molecule has 1 aliphatic heterocycles. The summed E-state index contributed by atoms with van der Waals surface area (Å²) >= 11 is 0. The second-order valence-electron chi connectivity index (χ2n) is 4.60. The largest absolute Gasteiger partial charge is 0.376 e. The number of nitrogens with one attached hydrogen (secondary N) is 2. The lowest BCUT2D eigenvalue weighted by Gasteiger charge is -2.13. The van der Waals surface area contributed by atoms with Crippen LogP contribution in [0, 0.1) is 0 Å². The van der Waals surface area contributed by atoms with E-state index in [0.29, 0.717) is 12.1 Å². The molecule has 17 heavy (non-hydrogen) atoms. The lowest BCUT2D eigenvalue weighted by molar-refractivity contribution is 0.120. The Labute approximate surface area is 102 Å². The Hall–Kier alpha value is -1.36. The predicted molar refractivity (Wildman–Crippen MR) is 68.3 cm³/mol. The van der Waals surface area contributed by atoms with E-state index >= 15 is 0 Å². The molecule has 0 saturated carbocycles. The molecule has 1 atom stereocenters. The van der Waals surface area contributed by atoms with E-state index in [9.17, 15) is 0 Å². The lowest BCUT2D eigenvalue weighted by atomic mass is 10.2. The average molecular weight is 236 g/mol. The zero-order valence-corrected chi connectivity index (χ0v) is 10.4. The van der Waals surface area contributed by atoms with Gasteiger partial charge in [0.15, 0.2) is 0 Å². The van der Waals surface area contributed by atoms with Crippen LogP contribution in [0.5, 0.6) is 0 Å². The van der Waals surface area contributed by atoms with Crippen LogP contribution in [0.1, 0.15) is 26.7 Å². The normalized spacial score (nSPS) is 19.6. The van der Waals surface area contributed by atoms with Crippen molar-refractivity contribution in [2.24, 2.45) is 0 Å². The Morgan fingerprint density at radius 2 is 2.24 bits per heavy atom. The molecule has 2 heterocycles. The molecule has 1 aromatic rings. The molecule has 5 heteroatoms. The summed E-state index contributed by atoms with van der Waals surface area (Å²) in [5.74, 6) is 1.70. The minimum absolute atomic E-state index is 0.325. The maximum Gasteiger partial charge on any atom is 0.131 e. The van der Waals surface area contributed by atoms with Crippen LogP contribution in [-0.4, -0.2) is 35.3 Å². The van der Waals surface area contributed by atoms with Gasteiger partial charge in [-0.1, -0.05) is 0 Å². The Kier molecular flexibility index (Phi) is 4.14. The van der Waals surface area contributed by atoms with Crippen molar-refractivity contribution in [1.82, 2.24) is 9.97 Å². The van der Waals surface area contributed by atoms with Crippen molar-refractivity contribution in [1.29, 1.82) is 0 Å². The standard InChI is InChI=1S/C12H20N4O/c1-9(2)16-12-6-11(14-8-15-12)13-7-10-4-3-5-17-10/h6,8-10H,3-5,7H2,1-2H3,(H2,13,14,15,16). The Balaban J connectivity index is 1.86. The summed E-state index contributed by atoms with van der Waals surface area (Å²) < 4.78 is 5.55. The highest BCUT2D eigenvalue weighted by atomic mass is 16.5. The monoisotopic (exact) mass is 236 g/mol. The maximum absolute atomic E-state index is 5.55. The fourth-order valence-corrected chi connectivity index (χ4v) is 1.85. The SMILES string of the molecule is CC(C)Nc1cc(NCC2CCCO2)ncn1. The number of ether oxygens (including phenoxy) is 1. The maximum atomic E-state index is 5.55. The van der Waals surface area contributed by atoms with Gasteiger partial charge in [0.05, 0.1) is 6.10 Å². The summed E-state index contributed by atoms with van der Waals surface area (Å²) in [4.78, 5) is 8.36. The zero-order valence-electron chi connectivity index (χ0n) is 10.4. The molecular weight excluding hydrogens is 216 g/mol. The third-order valence-electron chi connectivity index (χ3n) is 2.64. The molecule has 2 rings (SSSR count). The highest BCUT2D eigenvalue weighted by Gasteiger charge is 2.15. The summed E-state index contributed by atoms with van der Waals surface area (Å²) in [6, 6.07) is 2.30. The highest BCUT2D eigenvalue weighted by Crippen LogP contribution is 2.14. The molecule has 1 unspecified atom stereocenters. The van der Waals surface area contributed by atoms with Gasteiger partial charge in [-0.3, -0.25) is 0 Å². The van der Waals surface area contributed by atoms with Gasteiger partial charge >= 0.3 is 0 Å². The fraction of sp³-hybridized carbons (Fsp3) is 0.667. The van der Waals surface area contributed by atoms with Crippen molar-refractivity contribution < 1.29 is 4.74 Å². The van der Waals surface area contributed by atoms with Crippen LogP contribution in [0.25, 0.3) is 0 Å². The van der Waals surface area contributed by atoms with Gasteiger partial charge in [0.25, 0.3) is 0 Å². The van der Waals surface area contributed by atoms with Gasteiger partial charge < -0.3 is 15.4 Å². The van der Waals surface area contributed by atoms with Crippen molar-refractivity contribution in [2.75, 3.05) is 23.8 Å². The molecule has 1 aromatic heterocycles. The first-order chi connectivity index (χ1) is 8.24.